The molecule has 0 aromatic rings. The fraction of sp³-hybridized carbons (Fsp3) is 0.923. The Morgan fingerprint density at radius 2 is 2.06 bits per heavy atom. The minimum atomic E-state index is 0. The average molecular weight is 261 g/mol. The molecule has 2 rings (SSSR count). The fourth-order valence-electron chi connectivity index (χ4n) is 2.87. The van der Waals surface area contributed by atoms with Gasteiger partial charge in [0.25, 0.3) is 0 Å². The molecule has 0 bridgehead atoms. The number of hydrogen-bond acceptors (Lipinski definition) is 2. The number of nitrogens with two attached hydrogens (primary N) is 1. The molecule has 0 saturated heterocycles. The van der Waals surface area contributed by atoms with Crippen LogP contribution in [0.4, 0.5) is 0 Å². The Balaban J connectivity index is 0.00000144. The summed E-state index contributed by atoms with van der Waals surface area (Å²) in [7, 11) is 0. The first kappa shape index (κ1) is 14.8. The largest absolute Gasteiger partial charge is 0.355 e. The van der Waals surface area contributed by atoms with Gasteiger partial charge in [0.1, 0.15) is 0 Å². The van der Waals surface area contributed by atoms with E-state index in [9.17, 15) is 4.79 Å². The van der Waals surface area contributed by atoms with Crippen molar-refractivity contribution in [1.29, 1.82) is 0 Å². The standard InChI is InChI=1S/C13H24N2O.ClH/c1-13(6-3-7-13)9-15-12(16)10-4-2-5-11(14)8-10;/h10-11H,2-9,14H2,1H3,(H,15,16);1H. The fourth-order valence-corrected chi connectivity index (χ4v) is 2.87. The molecule has 17 heavy (non-hydrogen) atoms. The summed E-state index contributed by atoms with van der Waals surface area (Å²) in [5.41, 5.74) is 6.28. The van der Waals surface area contributed by atoms with Gasteiger partial charge in [-0.15, -0.1) is 12.4 Å². The lowest BCUT2D eigenvalue weighted by Crippen LogP contribution is -2.44. The SMILES string of the molecule is CC1(CNC(=O)C2CCCC(N)C2)CCC1.Cl. The number of amides is 1. The highest BCUT2D eigenvalue weighted by Crippen LogP contribution is 2.39. The molecule has 2 atom stereocenters. The van der Waals surface area contributed by atoms with E-state index in [1.54, 1.807) is 0 Å². The first-order chi connectivity index (χ1) is 7.59. The minimum Gasteiger partial charge on any atom is -0.355 e. The van der Waals surface area contributed by atoms with Crippen LogP contribution in [0.5, 0.6) is 0 Å². The van der Waals surface area contributed by atoms with Gasteiger partial charge >= 0.3 is 0 Å². The van der Waals surface area contributed by atoms with Gasteiger partial charge in [0.2, 0.25) is 5.91 Å². The quantitative estimate of drug-likeness (QED) is 0.818. The molecule has 2 saturated carbocycles. The number of rotatable bonds is 3. The second-order valence-corrected chi connectivity index (χ2v) is 6.01. The Bertz CT molecular complexity index is 266. The third-order valence-corrected chi connectivity index (χ3v) is 4.34. The lowest BCUT2D eigenvalue weighted by Gasteiger charge is -2.39. The van der Waals surface area contributed by atoms with Crippen molar-refractivity contribution in [3.8, 4) is 0 Å². The van der Waals surface area contributed by atoms with Crippen LogP contribution in [0.1, 0.15) is 51.9 Å². The lowest BCUT2D eigenvalue weighted by molar-refractivity contribution is -0.126. The maximum absolute atomic E-state index is 12.0. The summed E-state index contributed by atoms with van der Waals surface area (Å²) in [4.78, 5) is 12.0. The van der Waals surface area contributed by atoms with E-state index in [-0.39, 0.29) is 30.3 Å². The summed E-state index contributed by atoms with van der Waals surface area (Å²) in [6, 6.07) is 0.240. The molecule has 2 unspecified atom stereocenters. The molecule has 2 fully saturated rings. The Labute approximate surface area is 110 Å². The van der Waals surface area contributed by atoms with Gasteiger partial charge in [0, 0.05) is 18.5 Å². The van der Waals surface area contributed by atoms with Crippen molar-refractivity contribution in [3.05, 3.63) is 0 Å². The molecule has 3 N–H and O–H groups in total. The third-order valence-electron chi connectivity index (χ3n) is 4.34. The van der Waals surface area contributed by atoms with Crippen LogP contribution in [0.15, 0.2) is 0 Å². The highest BCUT2D eigenvalue weighted by Gasteiger charge is 2.33. The van der Waals surface area contributed by atoms with Gasteiger partial charge in [-0.1, -0.05) is 19.8 Å². The summed E-state index contributed by atoms with van der Waals surface area (Å²) < 4.78 is 0. The van der Waals surface area contributed by atoms with Crippen molar-refractivity contribution in [1.82, 2.24) is 5.32 Å². The number of carbonyl (C=O) groups excluding carboxylic acids is 1. The molecule has 0 aromatic carbocycles. The van der Waals surface area contributed by atoms with Crippen molar-refractivity contribution in [2.75, 3.05) is 6.54 Å². The Morgan fingerprint density at radius 3 is 2.59 bits per heavy atom. The van der Waals surface area contributed by atoms with Crippen LogP contribution in [-0.4, -0.2) is 18.5 Å². The van der Waals surface area contributed by atoms with E-state index in [0.29, 0.717) is 5.41 Å². The lowest BCUT2D eigenvalue weighted by atomic mass is 9.70. The second-order valence-electron chi connectivity index (χ2n) is 6.01. The van der Waals surface area contributed by atoms with Crippen molar-refractivity contribution in [3.63, 3.8) is 0 Å². The van der Waals surface area contributed by atoms with Crippen LogP contribution in [0, 0.1) is 11.3 Å². The average Bonchev–Trinajstić information content (AvgIpc) is 2.23. The molecule has 3 nitrogen and oxygen atoms in total. The molecular formula is C13H25ClN2O. The van der Waals surface area contributed by atoms with E-state index in [1.165, 1.54) is 19.3 Å². The van der Waals surface area contributed by atoms with E-state index < -0.39 is 0 Å². The topological polar surface area (TPSA) is 55.1 Å². The van der Waals surface area contributed by atoms with Crippen LogP contribution >= 0.6 is 12.4 Å². The molecular weight excluding hydrogens is 236 g/mol. The van der Waals surface area contributed by atoms with Gasteiger partial charge in [-0.3, -0.25) is 4.79 Å². The molecule has 2 aliphatic carbocycles. The monoisotopic (exact) mass is 260 g/mol. The van der Waals surface area contributed by atoms with Crippen LogP contribution in [0.2, 0.25) is 0 Å². The molecule has 100 valence electrons. The normalized spacial score (nSPS) is 30.9. The van der Waals surface area contributed by atoms with Gasteiger partial charge in [-0.05, 0) is 37.5 Å². The minimum absolute atomic E-state index is 0. The van der Waals surface area contributed by atoms with Crippen LogP contribution in [-0.2, 0) is 4.79 Å². The highest BCUT2D eigenvalue weighted by atomic mass is 35.5. The molecule has 0 spiro atoms. The van der Waals surface area contributed by atoms with Gasteiger partial charge in [-0.25, -0.2) is 0 Å². The van der Waals surface area contributed by atoms with Crippen LogP contribution in [0.3, 0.4) is 0 Å². The molecule has 2 aliphatic rings. The van der Waals surface area contributed by atoms with Gasteiger partial charge < -0.3 is 11.1 Å². The van der Waals surface area contributed by atoms with Crippen LogP contribution < -0.4 is 11.1 Å². The smallest absolute Gasteiger partial charge is 0.223 e. The van der Waals surface area contributed by atoms with E-state index in [0.717, 1.165) is 32.2 Å². The van der Waals surface area contributed by atoms with E-state index in [2.05, 4.69) is 12.2 Å². The molecule has 0 radical (unpaired) electrons. The zero-order valence-electron chi connectivity index (χ0n) is 10.7. The predicted octanol–water partition coefficient (Wildman–Crippen LogP) is 2.23. The summed E-state index contributed by atoms with van der Waals surface area (Å²) in [5.74, 6) is 0.413. The first-order valence-corrected chi connectivity index (χ1v) is 6.62. The summed E-state index contributed by atoms with van der Waals surface area (Å²) in [6.45, 7) is 3.13. The van der Waals surface area contributed by atoms with E-state index in [1.807, 2.05) is 0 Å². The Morgan fingerprint density at radius 1 is 1.35 bits per heavy atom. The van der Waals surface area contributed by atoms with Gasteiger partial charge in [-0.2, -0.15) is 0 Å². The maximum atomic E-state index is 12.0. The zero-order chi connectivity index (χ0) is 11.6. The molecule has 4 heteroatoms. The van der Waals surface area contributed by atoms with Crippen molar-refractivity contribution in [2.24, 2.45) is 17.1 Å². The molecule has 0 heterocycles. The Kier molecular flexibility index (Phi) is 5.26. The summed E-state index contributed by atoms with van der Waals surface area (Å²) >= 11 is 0. The van der Waals surface area contributed by atoms with Gasteiger partial charge in [0.05, 0.1) is 0 Å². The van der Waals surface area contributed by atoms with Gasteiger partial charge in [0.15, 0.2) is 0 Å². The number of carbonyl (C=O) groups is 1. The highest BCUT2D eigenvalue weighted by molar-refractivity contribution is 5.85. The number of halogens is 1. The maximum Gasteiger partial charge on any atom is 0.223 e. The number of hydrogen-bond donors (Lipinski definition) is 2. The zero-order valence-corrected chi connectivity index (χ0v) is 11.5. The molecule has 1 amide bonds. The van der Waals surface area contributed by atoms with E-state index >= 15 is 0 Å². The predicted molar refractivity (Wildman–Crippen MR) is 72.1 cm³/mol. The summed E-state index contributed by atoms with van der Waals surface area (Å²) in [5, 5.41) is 3.12. The van der Waals surface area contributed by atoms with E-state index in [4.69, 9.17) is 5.73 Å². The first-order valence-electron chi connectivity index (χ1n) is 6.62. The summed E-state index contributed by atoms with van der Waals surface area (Å²) in [6.07, 6.45) is 7.94. The van der Waals surface area contributed by atoms with Crippen LogP contribution in [0.25, 0.3) is 0 Å². The second kappa shape index (κ2) is 6.05. The number of nitrogens with one attached hydrogen (secondary N) is 1. The van der Waals surface area contributed by atoms with Crippen molar-refractivity contribution in [2.45, 2.75) is 57.9 Å². The molecule has 0 aromatic heterocycles. The molecule has 0 aliphatic heterocycles. The third kappa shape index (κ3) is 3.85. The van der Waals surface area contributed by atoms with Crippen molar-refractivity contribution >= 4 is 18.3 Å². The Hall–Kier alpha value is -0.280. The van der Waals surface area contributed by atoms with Crippen molar-refractivity contribution < 1.29 is 4.79 Å².